The minimum Gasteiger partial charge on any atom is -0.384 e. The fourth-order valence-electron chi connectivity index (χ4n) is 0.932. The second kappa shape index (κ2) is 4.35. The molecule has 0 aliphatic rings. The quantitative estimate of drug-likeness (QED) is 0.654. The smallest absolute Gasteiger partial charge is 0.137 e. The molecule has 0 radical (unpaired) electrons. The molecule has 0 aromatic heterocycles. The van der Waals surface area contributed by atoms with Crippen LogP contribution in [0.1, 0.15) is 11.7 Å². The highest BCUT2D eigenvalue weighted by atomic mass is 79.9. The van der Waals surface area contributed by atoms with E-state index in [2.05, 4.69) is 38.4 Å². The van der Waals surface area contributed by atoms with Crippen molar-refractivity contribution in [1.82, 2.24) is 0 Å². The van der Waals surface area contributed by atoms with Crippen LogP contribution in [0.15, 0.2) is 33.7 Å². The average molecular weight is 310 g/mol. The molecule has 1 N–H and O–H groups in total. The zero-order valence-corrected chi connectivity index (χ0v) is 9.77. The molecule has 0 fully saturated rings. The maximum absolute atomic E-state index is 13.0. The van der Waals surface area contributed by atoms with E-state index >= 15 is 0 Å². The number of benzene rings is 1. The topological polar surface area (TPSA) is 20.2 Å². The van der Waals surface area contributed by atoms with Gasteiger partial charge in [0.25, 0.3) is 0 Å². The zero-order chi connectivity index (χ0) is 10.0. The zero-order valence-electron chi connectivity index (χ0n) is 6.60. The van der Waals surface area contributed by atoms with Crippen LogP contribution in [0.3, 0.4) is 0 Å². The molecular formula is C9H7Br2FO. The number of hydrogen-bond acceptors (Lipinski definition) is 1. The summed E-state index contributed by atoms with van der Waals surface area (Å²) in [7, 11) is 0. The van der Waals surface area contributed by atoms with E-state index in [-0.39, 0.29) is 4.47 Å². The molecule has 13 heavy (non-hydrogen) atoms. The monoisotopic (exact) mass is 308 g/mol. The maximum Gasteiger partial charge on any atom is 0.137 e. The van der Waals surface area contributed by atoms with Crippen LogP contribution in [0.2, 0.25) is 0 Å². The van der Waals surface area contributed by atoms with E-state index in [1.165, 1.54) is 12.1 Å². The summed E-state index contributed by atoms with van der Waals surface area (Å²) in [5, 5.41) is 9.47. The lowest BCUT2D eigenvalue weighted by Gasteiger charge is -2.11. The molecule has 0 bridgehead atoms. The van der Waals surface area contributed by atoms with Crippen LogP contribution >= 0.6 is 31.9 Å². The summed E-state index contributed by atoms with van der Waals surface area (Å²) in [5.41, 5.74) is 0.454. The van der Waals surface area contributed by atoms with E-state index in [9.17, 15) is 9.50 Å². The van der Waals surface area contributed by atoms with E-state index in [4.69, 9.17) is 0 Å². The predicted molar refractivity (Wildman–Crippen MR) is 57.0 cm³/mol. The Balaban J connectivity index is 3.32. The molecule has 0 spiro atoms. The van der Waals surface area contributed by atoms with Crippen LogP contribution in [0.4, 0.5) is 4.39 Å². The SMILES string of the molecule is C=CC(O)c1c(Br)ccc(F)c1Br. The van der Waals surface area contributed by atoms with Gasteiger partial charge in [-0.25, -0.2) is 4.39 Å². The van der Waals surface area contributed by atoms with Crippen molar-refractivity contribution < 1.29 is 9.50 Å². The van der Waals surface area contributed by atoms with Crippen LogP contribution in [0, 0.1) is 5.82 Å². The minimum atomic E-state index is -0.876. The fourth-order valence-corrected chi connectivity index (χ4v) is 2.34. The Hall–Kier alpha value is -0.190. The van der Waals surface area contributed by atoms with Crippen molar-refractivity contribution in [3.05, 3.63) is 45.1 Å². The van der Waals surface area contributed by atoms with Gasteiger partial charge < -0.3 is 5.11 Å². The molecule has 1 unspecified atom stereocenters. The molecule has 0 aliphatic carbocycles. The molecule has 1 rings (SSSR count). The van der Waals surface area contributed by atoms with Crippen molar-refractivity contribution in [2.45, 2.75) is 6.10 Å². The number of hydrogen-bond donors (Lipinski definition) is 1. The summed E-state index contributed by atoms with van der Waals surface area (Å²) in [4.78, 5) is 0. The number of aliphatic hydroxyl groups excluding tert-OH is 1. The van der Waals surface area contributed by atoms with Gasteiger partial charge in [0.05, 0.1) is 10.6 Å². The third-order valence-electron chi connectivity index (χ3n) is 1.60. The van der Waals surface area contributed by atoms with Crippen molar-refractivity contribution in [2.75, 3.05) is 0 Å². The lowest BCUT2D eigenvalue weighted by Crippen LogP contribution is -1.97. The summed E-state index contributed by atoms with van der Waals surface area (Å²) in [6.45, 7) is 3.43. The van der Waals surface area contributed by atoms with Crippen molar-refractivity contribution in [2.24, 2.45) is 0 Å². The molecule has 1 atom stereocenters. The van der Waals surface area contributed by atoms with E-state index in [0.717, 1.165) is 0 Å². The van der Waals surface area contributed by atoms with Crippen molar-refractivity contribution in [1.29, 1.82) is 0 Å². The first-order chi connectivity index (χ1) is 6.07. The van der Waals surface area contributed by atoms with Gasteiger partial charge in [0.15, 0.2) is 0 Å². The molecule has 1 nitrogen and oxygen atoms in total. The summed E-state index contributed by atoms with van der Waals surface area (Å²) >= 11 is 6.28. The highest BCUT2D eigenvalue weighted by Crippen LogP contribution is 2.33. The Morgan fingerprint density at radius 2 is 2.08 bits per heavy atom. The van der Waals surface area contributed by atoms with Crippen molar-refractivity contribution in [3.8, 4) is 0 Å². The summed E-state index contributed by atoms with van der Waals surface area (Å²) in [6.07, 6.45) is 0.462. The van der Waals surface area contributed by atoms with Crippen LogP contribution in [0.5, 0.6) is 0 Å². The molecule has 0 saturated carbocycles. The molecular weight excluding hydrogens is 303 g/mol. The Morgan fingerprint density at radius 1 is 1.46 bits per heavy atom. The maximum atomic E-state index is 13.0. The standard InChI is InChI=1S/C9H7Br2FO/c1-2-7(13)8-5(10)3-4-6(12)9(8)11/h2-4,7,13H,1H2. The second-order valence-corrected chi connectivity index (χ2v) is 4.08. The largest absolute Gasteiger partial charge is 0.384 e. The Labute approximate surface area is 92.5 Å². The predicted octanol–water partition coefficient (Wildman–Crippen LogP) is 3.57. The normalized spacial score (nSPS) is 12.6. The van der Waals surface area contributed by atoms with Gasteiger partial charge in [-0.1, -0.05) is 22.0 Å². The average Bonchev–Trinajstić information content (AvgIpc) is 2.12. The van der Waals surface area contributed by atoms with E-state index in [0.29, 0.717) is 10.0 Å². The molecule has 0 amide bonds. The summed E-state index contributed by atoms with van der Waals surface area (Å²) < 4.78 is 13.9. The second-order valence-electron chi connectivity index (χ2n) is 2.44. The Kier molecular flexibility index (Phi) is 3.64. The Bertz CT molecular complexity index is 339. The first kappa shape index (κ1) is 10.9. The first-order valence-corrected chi connectivity index (χ1v) is 5.10. The molecule has 0 heterocycles. The van der Waals surface area contributed by atoms with Gasteiger partial charge >= 0.3 is 0 Å². The van der Waals surface area contributed by atoms with Gasteiger partial charge in [-0.15, -0.1) is 6.58 Å². The van der Waals surface area contributed by atoms with E-state index in [1.807, 2.05) is 0 Å². The summed E-state index contributed by atoms with van der Waals surface area (Å²) in [5.74, 6) is -0.404. The van der Waals surface area contributed by atoms with Crippen LogP contribution in [-0.4, -0.2) is 5.11 Å². The highest BCUT2D eigenvalue weighted by Gasteiger charge is 2.14. The van der Waals surface area contributed by atoms with E-state index in [1.54, 1.807) is 6.07 Å². The number of halogens is 3. The van der Waals surface area contributed by atoms with Gasteiger partial charge in [0.1, 0.15) is 5.82 Å². The van der Waals surface area contributed by atoms with Crippen LogP contribution in [0.25, 0.3) is 0 Å². The van der Waals surface area contributed by atoms with Crippen molar-refractivity contribution in [3.63, 3.8) is 0 Å². The van der Waals surface area contributed by atoms with Gasteiger partial charge in [0, 0.05) is 10.0 Å². The first-order valence-electron chi connectivity index (χ1n) is 3.52. The van der Waals surface area contributed by atoms with Gasteiger partial charge in [-0.05, 0) is 28.1 Å². The molecule has 4 heteroatoms. The molecule has 70 valence electrons. The van der Waals surface area contributed by atoms with Gasteiger partial charge in [-0.2, -0.15) is 0 Å². The molecule has 0 aliphatic heterocycles. The molecule has 1 aromatic carbocycles. The highest BCUT2D eigenvalue weighted by molar-refractivity contribution is 9.11. The molecule has 0 saturated heterocycles. The van der Waals surface area contributed by atoms with Gasteiger partial charge in [-0.3, -0.25) is 0 Å². The lowest BCUT2D eigenvalue weighted by atomic mass is 10.1. The third-order valence-corrected chi connectivity index (χ3v) is 3.10. The van der Waals surface area contributed by atoms with Crippen LogP contribution in [-0.2, 0) is 0 Å². The molecule has 1 aromatic rings. The summed E-state index contributed by atoms with van der Waals surface area (Å²) in [6, 6.07) is 2.86. The number of rotatable bonds is 2. The van der Waals surface area contributed by atoms with Crippen LogP contribution < -0.4 is 0 Å². The van der Waals surface area contributed by atoms with E-state index < -0.39 is 11.9 Å². The van der Waals surface area contributed by atoms with Crippen molar-refractivity contribution >= 4 is 31.9 Å². The Morgan fingerprint density at radius 3 is 2.62 bits per heavy atom. The number of aliphatic hydroxyl groups is 1. The lowest BCUT2D eigenvalue weighted by molar-refractivity contribution is 0.227. The third kappa shape index (κ3) is 2.18. The minimum absolute atomic E-state index is 0.259. The van der Waals surface area contributed by atoms with Gasteiger partial charge in [0.2, 0.25) is 0 Å². The fraction of sp³-hybridized carbons (Fsp3) is 0.111.